The molecule has 0 aliphatic rings. The molecule has 0 fully saturated rings. The van der Waals surface area contributed by atoms with Crippen molar-refractivity contribution in [3.05, 3.63) is 41.9 Å². The normalized spacial score (nSPS) is 11.0. The van der Waals surface area contributed by atoms with Crippen LogP contribution in [0.5, 0.6) is 0 Å². The molecule has 2 heterocycles. The number of aromatic nitrogens is 4. The molecule has 0 aliphatic carbocycles. The van der Waals surface area contributed by atoms with Crippen LogP contribution in [-0.2, 0) is 0 Å². The molecule has 0 radical (unpaired) electrons. The Balaban J connectivity index is 2.38. The molecule has 1 aromatic carbocycles. The molecule has 0 saturated heterocycles. The van der Waals surface area contributed by atoms with Gasteiger partial charge in [-0.2, -0.15) is 0 Å². The van der Waals surface area contributed by atoms with Crippen LogP contribution in [-0.4, -0.2) is 19.7 Å². The van der Waals surface area contributed by atoms with Gasteiger partial charge in [0.2, 0.25) is 0 Å². The Kier molecular flexibility index (Phi) is 2.26. The van der Waals surface area contributed by atoms with Gasteiger partial charge in [0.05, 0.1) is 16.8 Å². The number of nitrogens with two attached hydrogens (primary N) is 1. The molecule has 90 valence electrons. The average molecular weight is 239 g/mol. The molecule has 0 unspecified atom stereocenters. The quantitative estimate of drug-likeness (QED) is 0.705. The van der Waals surface area contributed by atoms with Crippen LogP contribution in [0.15, 0.2) is 30.3 Å². The molecule has 0 aliphatic heterocycles. The number of anilines is 1. The van der Waals surface area contributed by atoms with E-state index in [9.17, 15) is 0 Å². The van der Waals surface area contributed by atoms with Gasteiger partial charge in [-0.15, -0.1) is 5.10 Å². The van der Waals surface area contributed by atoms with Gasteiger partial charge < -0.3 is 5.73 Å². The highest BCUT2D eigenvalue weighted by Crippen LogP contribution is 2.24. The number of benzene rings is 1. The summed E-state index contributed by atoms with van der Waals surface area (Å²) < 4.78 is 1.76. The van der Waals surface area contributed by atoms with Crippen molar-refractivity contribution in [1.29, 1.82) is 0 Å². The summed E-state index contributed by atoms with van der Waals surface area (Å²) in [5.41, 5.74) is 8.51. The summed E-state index contributed by atoms with van der Waals surface area (Å²) in [6.07, 6.45) is 0. The molecule has 0 bridgehead atoms. The van der Waals surface area contributed by atoms with Crippen LogP contribution >= 0.6 is 0 Å². The summed E-state index contributed by atoms with van der Waals surface area (Å²) in [7, 11) is 0. The third-order valence-electron chi connectivity index (χ3n) is 2.85. The van der Waals surface area contributed by atoms with E-state index >= 15 is 0 Å². The fourth-order valence-corrected chi connectivity index (χ4v) is 2.10. The Morgan fingerprint density at radius 2 is 1.78 bits per heavy atom. The van der Waals surface area contributed by atoms with E-state index in [4.69, 9.17) is 5.73 Å². The van der Waals surface area contributed by atoms with Gasteiger partial charge in [0.1, 0.15) is 5.82 Å². The lowest BCUT2D eigenvalue weighted by Gasteiger charge is -2.03. The van der Waals surface area contributed by atoms with Crippen LogP contribution in [0.1, 0.15) is 11.5 Å². The third-order valence-corrected chi connectivity index (χ3v) is 2.85. The Morgan fingerprint density at radius 1 is 1.06 bits per heavy atom. The number of para-hydroxylation sites is 1. The molecular formula is C13H13N5. The first kappa shape index (κ1) is 10.7. The molecule has 3 aromatic rings. The van der Waals surface area contributed by atoms with E-state index in [0.29, 0.717) is 5.82 Å². The predicted octanol–water partition coefficient (Wildman–Crippen LogP) is 2.01. The minimum atomic E-state index is 0.464. The van der Waals surface area contributed by atoms with E-state index in [2.05, 4.69) is 15.1 Å². The van der Waals surface area contributed by atoms with Gasteiger partial charge in [-0.25, -0.2) is 14.6 Å². The van der Waals surface area contributed by atoms with Crippen molar-refractivity contribution in [2.45, 2.75) is 13.8 Å². The van der Waals surface area contributed by atoms with Crippen molar-refractivity contribution < 1.29 is 0 Å². The summed E-state index contributed by atoms with van der Waals surface area (Å²) >= 11 is 0. The van der Waals surface area contributed by atoms with Crippen molar-refractivity contribution in [2.75, 3.05) is 5.73 Å². The van der Waals surface area contributed by atoms with E-state index in [-0.39, 0.29) is 0 Å². The Morgan fingerprint density at radius 3 is 2.50 bits per heavy atom. The van der Waals surface area contributed by atoms with Crippen LogP contribution < -0.4 is 5.73 Å². The van der Waals surface area contributed by atoms with Gasteiger partial charge in [0.15, 0.2) is 11.5 Å². The third kappa shape index (κ3) is 1.52. The van der Waals surface area contributed by atoms with Crippen molar-refractivity contribution in [1.82, 2.24) is 19.7 Å². The van der Waals surface area contributed by atoms with E-state index in [0.717, 1.165) is 28.2 Å². The smallest absolute Gasteiger partial charge is 0.169 e. The maximum atomic E-state index is 5.95. The van der Waals surface area contributed by atoms with Gasteiger partial charge in [0, 0.05) is 0 Å². The Labute approximate surface area is 104 Å². The van der Waals surface area contributed by atoms with Gasteiger partial charge in [-0.1, -0.05) is 18.2 Å². The predicted molar refractivity (Wildman–Crippen MR) is 70.5 cm³/mol. The first-order chi connectivity index (χ1) is 8.66. The molecule has 0 spiro atoms. The lowest BCUT2D eigenvalue weighted by atomic mass is 10.3. The second kappa shape index (κ2) is 3.80. The van der Waals surface area contributed by atoms with E-state index in [1.807, 2.05) is 44.2 Å². The number of hydrogen-bond acceptors (Lipinski definition) is 4. The van der Waals surface area contributed by atoms with Crippen molar-refractivity contribution in [2.24, 2.45) is 0 Å². The second-order valence-corrected chi connectivity index (χ2v) is 4.19. The molecule has 2 N–H and O–H groups in total. The fraction of sp³-hybridized carbons (Fsp3) is 0.154. The summed E-state index contributed by atoms with van der Waals surface area (Å²) in [6, 6.07) is 9.82. The van der Waals surface area contributed by atoms with Gasteiger partial charge in [-0.05, 0) is 26.0 Å². The molecule has 3 rings (SSSR count). The highest BCUT2D eigenvalue weighted by atomic mass is 15.3. The van der Waals surface area contributed by atoms with Crippen LogP contribution in [0.3, 0.4) is 0 Å². The molecule has 2 aromatic heterocycles. The van der Waals surface area contributed by atoms with Crippen LogP contribution in [0, 0.1) is 13.8 Å². The van der Waals surface area contributed by atoms with Gasteiger partial charge in [-0.3, -0.25) is 0 Å². The lowest BCUT2D eigenvalue weighted by Crippen LogP contribution is -1.99. The molecule has 0 atom stereocenters. The molecule has 0 amide bonds. The van der Waals surface area contributed by atoms with E-state index in [1.54, 1.807) is 4.68 Å². The first-order valence-corrected chi connectivity index (χ1v) is 5.71. The van der Waals surface area contributed by atoms with Gasteiger partial charge >= 0.3 is 0 Å². The van der Waals surface area contributed by atoms with E-state index in [1.165, 1.54) is 0 Å². The fourth-order valence-electron chi connectivity index (χ4n) is 2.10. The zero-order chi connectivity index (χ0) is 12.7. The number of aryl methyl sites for hydroxylation is 2. The average Bonchev–Trinajstić information content (AvgIpc) is 2.67. The molecule has 5 nitrogen and oxygen atoms in total. The second-order valence-electron chi connectivity index (χ2n) is 4.19. The van der Waals surface area contributed by atoms with Crippen molar-refractivity contribution in [3.63, 3.8) is 0 Å². The summed E-state index contributed by atoms with van der Waals surface area (Å²) in [4.78, 5) is 8.77. The molecule has 5 heteroatoms. The molecule has 18 heavy (non-hydrogen) atoms. The maximum absolute atomic E-state index is 5.95. The monoisotopic (exact) mass is 239 g/mol. The lowest BCUT2D eigenvalue weighted by molar-refractivity contribution is 0.893. The first-order valence-electron chi connectivity index (χ1n) is 5.71. The van der Waals surface area contributed by atoms with Crippen LogP contribution in [0.4, 0.5) is 5.82 Å². The number of hydrogen-bond donors (Lipinski definition) is 1. The van der Waals surface area contributed by atoms with Crippen molar-refractivity contribution in [3.8, 4) is 5.69 Å². The number of nitrogens with zero attached hydrogens (tertiary/aromatic N) is 4. The number of rotatable bonds is 1. The number of nitrogen functional groups attached to an aromatic ring is 1. The summed E-state index contributed by atoms with van der Waals surface area (Å²) in [5.74, 6) is 1.18. The van der Waals surface area contributed by atoms with Crippen LogP contribution in [0.2, 0.25) is 0 Å². The molecule has 0 saturated carbocycles. The summed E-state index contributed by atoms with van der Waals surface area (Å²) in [5, 5.41) is 5.18. The maximum Gasteiger partial charge on any atom is 0.169 e. The SMILES string of the molecule is Cc1nc(C)c2c(N)nn(-c3ccccc3)c2n1. The zero-order valence-corrected chi connectivity index (χ0v) is 10.3. The van der Waals surface area contributed by atoms with E-state index < -0.39 is 0 Å². The van der Waals surface area contributed by atoms with Gasteiger partial charge in [0.25, 0.3) is 0 Å². The molecular weight excluding hydrogens is 226 g/mol. The minimum absolute atomic E-state index is 0.464. The zero-order valence-electron chi connectivity index (χ0n) is 10.3. The largest absolute Gasteiger partial charge is 0.382 e. The number of fused-ring (bicyclic) bond motifs is 1. The standard InChI is InChI=1S/C13H13N5/c1-8-11-12(14)17-18(10-6-4-3-5-7-10)13(11)16-9(2)15-8/h3-7H,1-2H3,(H2,14,17). The minimum Gasteiger partial charge on any atom is -0.382 e. The highest BCUT2D eigenvalue weighted by Gasteiger charge is 2.14. The van der Waals surface area contributed by atoms with Crippen molar-refractivity contribution >= 4 is 16.9 Å². The Bertz CT molecular complexity index is 715. The summed E-state index contributed by atoms with van der Waals surface area (Å²) in [6.45, 7) is 3.79. The topological polar surface area (TPSA) is 69.6 Å². The highest BCUT2D eigenvalue weighted by molar-refractivity contribution is 5.89. The van der Waals surface area contributed by atoms with Crippen LogP contribution in [0.25, 0.3) is 16.7 Å². The Hall–Kier alpha value is -2.43.